The summed E-state index contributed by atoms with van der Waals surface area (Å²) >= 11 is 0. The maximum Gasteiger partial charge on any atom is 0.309 e. The number of carbonyl (C=O) groups is 3. The van der Waals surface area contributed by atoms with Crippen LogP contribution in [0.2, 0.25) is 0 Å². The van der Waals surface area contributed by atoms with Crippen LogP contribution in [-0.4, -0.2) is 38.7 Å². The zero-order chi connectivity index (χ0) is 24.1. The van der Waals surface area contributed by atoms with Gasteiger partial charge >= 0.3 is 11.9 Å². The van der Waals surface area contributed by atoms with Crippen molar-refractivity contribution in [3.05, 3.63) is 60.2 Å². The summed E-state index contributed by atoms with van der Waals surface area (Å²) in [5.74, 6) is -0.271. The summed E-state index contributed by atoms with van der Waals surface area (Å²) in [6.45, 7) is 12.1. The van der Waals surface area contributed by atoms with Gasteiger partial charge in [-0.1, -0.05) is 54.6 Å². The van der Waals surface area contributed by atoms with Gasteiger partial charge in [0.2, 0.25) is 0 Å². The largest absolute Gasteiger partial charge is 0.464 e. The van der Waals surface area contributed by atoms with Crippen molar-refractivity contribution in [2.45, 2.75) is 33.3 Å². The molecular weight excluding hydrogens is 410 g/mol. The van der Waals surface area contributed by atoms with Crippen molar-refractivity contribution in [1.29, 1.82) is 0 Å². The lowest BCUT2D eigenvalue weighted by Crippen LogP contribution is -2.21. The molecule has 0 bridgehead atoms. The zero-order valence-corrected chi connectivity index (χ0v) is 19.3. The molecule has 0 aromatic heterocycles. The van der Waals surface area contributed by atoms with Gasteiger partial charge in [-0.15, -0.1) is 0 Å². The maximum absolute atomic E-state index is 12.4. The molecule has 2 aliphatic carbocycles. The van der Waals surface area contributed by atoms with Gasteiger partial charge in [0.1, 0.15) is 19.8 Å². The highest BCUT2D eigenvalue weighted by Gasteiger charge is 2.64. The number of ether oxygens (including phenoxy) is 3. The van der Waals surface area contributed by atoms with Gasteiger partial charge in [-0.05, 0) is 51.1 Å². The predicted octanol–water partition coefficient (Wildman–Crippen LogP) is 3.27. The summed E-state index contributed by atoms with van der Waals surface area (Å²) < 4.78 is 14.8. The van der Waals surface area contributed by atoms with Crippen LogP contribution in [0.5, 0.6) is 0 Å². The third-order valence-corrected chi connectivity index (χ3v) is 5.37. The Bertz CT molecular complexity index is 762. The molecular formula is C25H35NO6. The molecule has 0 spiro atoms. The summed E-state index contributed by atoms with van der Waals surface area (Å²) in [4.78, 5) is 33.7. The van der Waals surface area contributed by atoms with Crippen molar-refractivity contribution in [2.75, 3.05) is 20.3 Å². The Balaban J connectivity index is 0.000000556. The van der Waals surface area contributed by atoms with E-state index in [1.54, 1.807) is 6.08 Å². The van der Waals surface area contributed by atoms with Crippen LogP contribution < -0.4 is 5.73 Å². The second kappa shape index (κ2) is 14.2. The number of fused-ring (bicyclic) bond motifs is 1. The van der Waals surface area contributed by atoms with Crippen LogP contribution >= 0.6 is 0 Å². The van der Waals surface area contributed by atoms with Gasteiger partial charge < -0.3 is 19.9 Å². The molecule has 0 amide bonds. The standard InChI is InChI=1S/C20H24O4.C4H6O2.CH5N/c1-4-7-23-20(22)18-15-5-6-16(17(15)18)19(21)24-11-14-9-12(2)8-13(3)10-14;1-2-3-6-4-5;1-2/h4,8-10,15-18H,1,5-7,11H2,2-3H3;2,4H,1,3H2;2H2,1H3. The second-order valence-electron chi connectivity index (χ2n) is 7.69. The van der Waals surface area contributed by atoms with E-state index in [1.165, 1.54) is 13.1 Å². The minimum Gasteiger partial charge on any atom is -0.464 e. The summed E-state index contributed by atoms with van der Waals surface area (Å²) in [7, 11) is 1.50. The van der Waals surface area contributed by atoms with Gasteiger partial charge in [0.25, 0.3) is 6.47 Å². The SMILES string of the molecule is C=CCOC(=O)C1C2CCC(C(=O)OCc3cc(C)cc(C)c3)C21.C=CCOC=O.CN. The number of aryl methyl sites for hydroxylation is 2. The number of benzene rings is 1. The number of carbonyl (C=O) groups excluding carboxylic acids is 3. The lowest BCUT2D eigenvalue weighted by molar-refractivity contribution is -0.151. The van der Waals surface area contributed by atoms with E-state index in [4.69, 9.17) is 9.47 Å². The van der Waals surface area contributed by atoms with E-state index in [2.05, 4.69) is 29.7 Å². The minimum absolute atomic E-state index is 0.106. The average molecular weight is 446 g/mol. The first kappa shape index (κ1) is 27.1. The molecule has 2 fully saturated rings. The maximum atomic E-state index is 12.4. The van der Waals surface area contributed by atoms with Crippen molar-refractivity contribution in [2.24, 2.45) is 29.4 Å². The Hall–Kier alpha value is -2.93. The van der Waals surface area contributed by atoms with Crippen LogP contribution in [0, 0.1) is 37.5 Å². The number of rotatable bonds is 9. The normalized spacial score (nSPS) is 21.9. The Morgan fingerprint density at radius 3 is 2.16 bits per heavy atom. The van der Waals surface area contributed by atoms with Gasteiger partial charge in [-0.3, -0.25) is 14.4 Å². The molecule has 32 heavy (non-hydrogen) atoms. The summed E-state index contributed by atoms with van der Waals surface area (Å²) in [6.07, 6.45) is 4.79. The van der Waals surface area contributed by atoms with Crippen molar-refractivity contribution < 1.29 is 28.6 Å². The van der Waals surface area contributed by atoms with Crippen molar-refractivity contribution in [3.63, 3.8) is 0 Å². The van der Waals surface area contributed by atoms with Crippen molar-refractivity contribution in [1.82, 2.24) is 0 Å². The van der Waals surface area contributed by atoms with Gasteiger partial charge in [0, 0.05) is 0 Å². The molecule has 1 aromatic rings. The molecule has 0 radical (unpaired) electrons. The Morgan fingerprint density at radius 1 is 1.00 bits per heavy atom. The first-order valence-corrected chi connectivity index (χ1v) is 10.7. The molecule has 7 nitrogen and oxygen atoms in total. The van der Waals surface area contributed by atoms with E-state index >= 15 is 0 Å². The fourth-order valence-electron chi connectivity index (χ4n) is 4.25. The van der Waals surface area contributed by atoms with Crippen molar-refractivity contribution in [3.8, 4) is 0 Å². The molecule has 4 atom stereocenters. The van der Waals surface area contributed by atoms with E-state index in [0.717, 1.165) is 29.5 Å². The quantitative estimate of drug-likeness (QED) is 0.204. The fourth-order valence-corrected chi connectivity index (χ4v) is 4.25. The molecule has 2 N–H and O–H groups in total. The van der Waals surface area contributed by atoms with E-state index < -0.39 is 0 Å². The molecule has 4 unspecified atom stereocenters. The molecule has 1 aromatic carbocycles. The third kappa shape index (κ3) is 7.96. The lowest BCUT2D eigenvalue weighted by Gasteiger charge is -2.14. The molecule has 0 saturated heterocycles. The Labute approximate surface area is 190 Å². The molecule has 7 heteroatoms. The van der Waals surface area contributed by atoms with Crippen LogP contribution in [-0.2, 0) is 35.2 Å². The van der Waals surface area contributed by atoms with Gasteiger partial charge in [-0.25, -0.2) is 0 Å². The number of hydrogen-bond donors (Lipinski definition) is 1. The fraction of sp³-hybridized carbons (Fsp3) is 0.480. The van der Waals surface area contributed by atoms with E-state index in [-0.39, 0.29) is 36.3 Å². The number of nitrogens with two attached hydrogens (primary N) is 1. The molecule has 0 heterocycles. The van der Waals surface area contributed by atoms with Crippen LogP contribution in [0.3, 0.4) is 0 Å². The number of hydrogen-bond acceptors (Lipinski definition) is 7. The second-order valence-corrected chi connectivity index (χ2v) is 7.69. The Kier molecular flexibility index (Phi) is 12.0. The van der Waals surface area contributed by atoms with Crippen LogP contribution in [0.25, 0.3) is 0 Å². The van der Waals surface area contributed by atoms with Gasteiger partial charge in [0.05, 0.1) is 11.8 Å². The lowest BCUT2D eigenvalue weighted by atomic mass is 10.00. The first-order valence-electron chi connectivity index (χ1n) is 10.7. The van der Waals surface area contributed by atoms with Crippen LogP contribution in [0.1, 0.15) is 29.5 Å². The number of esters is 2. The molecule has 3 rings (SSSR count). The molecule has 176 valence electrons. The predicted molar refractivity (Wildman–Crippen MR) is 122 cm³/mol. The molecule has 0 aliphatic heterocycles. The Morgan fingerprint density at radius 2 is 1.62 bits per heavy atom. The summed E-state index contributed by atoms with van der Waals surface area (Å²) in [5.41, 5.74) is 7.83. The van der Waals surface area contributed by atoms with Crippen LogP contribution in [0.15, 0.2) is 43.5 Å². The van der Waals surface area contributed by atoms with Crippen LogP contribution in [0.4, 0.5) is 0 Å². The first-order chi connectivity index (χ1) is 15.4. The van der Waals surface area contributed by atoms with E-state index in [1.807, 2.05) is 26.0 Å². The zero-order valence-electron chi connectivity index (χ0n) is 19.3. The van der Waals surface area contributed by atoms with E-state index in [0.29, 0.717) is 25.6 Å². The average Bonchev–Trinajstić information content (AvgIpc) is 3.34. The summed E-state index contributed by atoms with van der Waals surface area (Å²) in [5, 5.41) is 0. The van der Waals surface area contributed by atoms with Crippen molar-refractivity contribution >= 4 is 18.4 Å². The third-order valence-electron chi connectivity index (χ3n) is 5.37. The van der Waals surface area contributed by atoms with Gasteiger partial charge in [0.15, 0.2) is 0 Å². The minimum atomic E-state index is -0.197. The van der Waals surface area contributed by atoms with E-state index in [9.17, 15) is 14.4 Å². The van der Waals surface area contributed by atoms with Gasteiger partial charge in [-0.2, -0.15) is 0 Å². The topological polar surface area (TPSA) is 105 Å². The molecule has 2 saturated carbocycles. The highest BCUT2D eigenvalue weighted by atomic mass is 16.5. The highest BCUT2D eigenvalue weighted by molar-refractivity contribution is 5.81. The molecule has 2 aliphatic rings. The summed E-state index contributed by atoms with van der Waals surface area (Å²) in [6, 6.07) is 6.16. The monoisotopic (exact) mass is 445 g/mol. The smallest absolute Gasteiger partial charge is 0.309 e. The highest BCUT2D eigenvalue weighted by Crippen LogP contribution is 2.61.